The highest BCUT2D eigenvalue weighted by molar-refractivity contribution is 6.18. The van der Waals surface area contributed by atoms with E-state index in [1.807, 2.05) is 36.4 Å². The summed E-state index contributed by atoms with van der Waals surface area (Å²) < 4.78 is 21.9. The number of methoxy groups -OCH3 is 4. The molecule has 34 heavy (non-hydrogen) atoms. The Kier molecular flexibility index (Phi) is 4.29. The lowest BCUT2D eigenvalue weighted by Gasteiger charge is -2.31. The molecule has 2 amide bonds. The smallest absolute Gasteiger partial charge is 0.257 e. The van der Waals surface area contributed by atoms with Crippen molar-refractivity contribution in [2.75, 3.05) is 28.4 Å². The van der Waals surface area contributed by atoms with E-state index in [9.17, 15) is 9.59 Å². The molecule has 172 valence electrons. The average Bonchev–Trinajstić information content (AvgIpc) is 3.34. The van der Waals surface area contributed by atoms with Crippen molar-refractivity contribution in [1.29, 1.82) is 0 Å². The monoisotopic (exact) mass is 458 g/mol. The predicted octanol–water partition coefficient (Wildman–Crippen LogP) is 3.44. The molecule has 4 heterocycles. The number of amides is 2. The molecule has 1 fully saturated rings. The summed E-state index contributed by atoms with van der Waals surface area (Å²) in [5, 5.41) is 0. The van der Waals surface area contributed by atoms with E-state index < -0.39 is 12.0 Å². The van der Waals surface area contributed by atoms with Crippen LogP contribution in [0.5, 0.6) is 23.0 Å². The highest BCUT2D eigenvalue weighted by atomic mass is 16.5. The largest absolute Gasteiger partial charge is 0.493 e. The number of fused-ring (bicyclic) bond motifs is 8. The van der Waals surface area contributed by atoms with Gasteiger partial charge in [-0.05, 0) is 53.1 Å². The molecule has 0 radical (unpaired) electrons. The Hall–Kier alpha value is -4.20. The number of hydrogen-bond donors (Lipinski definition) is 0. The van der Waals surface area contributed by atoms with Gasteiger partial charge in [0.15, 0.2) is 23.0 Å². The van der Waals surface area contributed by atoms with Gasteiger partial charge in [-0.15, -0.1) is 0 Å². The van der Waals surface area contributed by atoms with Crippen LogP contribution in [0, 0.1) is 5.92 Å². The normalized spacial score (nSPS) is 21.2. The van der Waals surface area contributed by atoms with Gasteiger partial charge in [-0.25, -0.2) is 0 Å². The van der Waals surface area contributed by atoms with E-state index >= 15 is 0 Å². The second kappa shape index (κ2) is 7.15. The van der Waals surface area contributed by atoms with Crippen molar-refractivity contribution in [3.05, 3.63) is 64.5 Å². The van der Waals surface area contributed by atoms with E-state index in [0.717, 1.165) is 22.3 Å². The Balaban J connectivity index is 1.56. The first-order chi connectivity index (χ1) is 16.5. The third-order valence-electron chi connectivity index (χ3n) is 6.93. The number of benzene rings is 2. The summed E-state index contributed by atoms with van der Waals surface area (Å²) in [7, 11) is 6.28. The van der Waals surface area contributed by atoms with Gasteiger partial charge in [-0.3, -0.25) is 14.5 Å². The van der Waals surface area contributed by atoms with Gasteiger partial charge in [0.05, 0.1) is 51.7 Å². The molecule has 2 unspecified atom stereocenters. The lowest BCUT2D eigenvalue weighted by atomic mass is 9.86. The topological polar surface area (TPSA) is 77.5 Å². The zero-order chi connectivity index (χ0) is 23.7. The maximum Gasteiger partial charge on any atom is 0.257 e. The Morgan fingerprint density at radius 1 is 0.735 bits per heavy atom. The fourth-order valence-corrected chi connectivity index (χ4v) is 5.39. The first kappa shape index (κ1) is 20.4. The van der Waals surface area contributed by atoms with Crippen LogP contribution in [0.2, 0.25) is 0 Å². The molecule has 0 aromatic heterocycles. The minimum absolute atomic E-state index is 0.140. The van der Waals surface area contributed by atoms with E-state index in [4.69, 9.17) is 18.9 Å². The van der Waals surface area contributed by atoms with Crippen LogP contribution in [0.25, 0.3) is 17.8 Å². The molecule has 0 saturated carbocycles. The molecule has 0 N–H and O–H groups in total. The minimum Gasteiger partial charge on any atom is -0.493 e. The first-order valence-electron chi connectivity index (χ1n) is 10.8. The molecule has 2 aromatic carbocycles. The third-order valence-corrected chi connectivity index (χ3v) is 6.93. The van der Waals surface area contributed by atoms with Gasteiger partial charge in [0.25, 0.3) is 5.91 Å². The molecule has 6 rings (SSSR count). The molecule has 0 spiro atoms. The lowest BCUT2D eigenvalue weighted by molar-refractivity contribution is -0.128. The minimum atomic E-state index is -0.645. The van der Waals surface area contributed by atoms with Crippen LogP contribution in [-0.2, 0) is 9.59 Å². The summed E-state index contributed by atoms with van der Waals surface area (Å²) in [6, 6.07) is 6.94. The van der Waals surface area contributed by atoms with Crippen LogP contribution < -0.4 is 18.9 Å². The van der Waals surface area contributed by atoms with Crippen molar-refractivity contribution in [1.82, 2.24) is 9.80 Å². The van der Waals surface area contributed by atoms with Gasteiger partial charge in [0, 0.05) is 18.0 Å². The van der Waals surface area contributed by atoms with Crippen molar-refractivity contribution in [3.63, 3.8) is 0 Å². The molecule has 0 aliphatic carbocycles. The van der Waals surface area contributed by atoms with Crippen molar-refractivity contribution in [2.24, 2.45) is 5.92 Å². The molecule has 8 nitrogen and oxygen atoms in total. The highest BCUT2D eigenvalue weighted by Gasteiger charge is 2.57. The van der Waals surface area contributed by atoms with Crippen LogP contribution in [0.15, 0.2) is 42.2 Å². The number of carbonyl (C=O) groups is 2. The Labute approximate surface area is 196 Å². The molecular weight excluding hydrogens is 436 g/mol. The quantitative estimate of drug-likeness (QED) is 0.699. The van der Waals surface area contributed by atoms with E-state index in [1.54, 1.807) is 50.6 Å². The SMILES string of the molecule is COc1cc2c(cc1OC)C1=C3C(=O)N4C=Cc5cc(OC)c(OC)cc5C4C3C(=O)N1C=C2. The molecule has 4 aliphatic rings. The standard InChI is InChI=1S/C26H22N2O6/c1-31-17-9-13-5-7-27-23(15(13)11-19(17)33-3)21-22(26(27)30)24-16-12-20(34-4)18(32-2)10-14(16)6-8-28(24)25(21)29/h5-12,21,23H,1-4H3. The number of hydrogen-bond acceptors (Lipinski definition) is 6. The van der Waals surface area contributed by atoms with E-state index in [-0.39, 0.29) is 11.8 Å². The lowest BCUT2D eigenvalue weighted by Crippen LogP contribution is -2.33. The fourth-order valence-electron chi connectivity index (χ4n) is 5.39. The Bertz CT molecular complexity index is 1370. The summed E-state index contributed by atoms with van der Waals surface area (Å²) in [6.45, 7) is 0. The second-order valence-corrected chi connectivity index (χ2v) is 8.37. The van der Waals surface area contributed by atoms with Crippen molar-refractivity contribution in [2.45, 2.75) is 6.04 Å². The maximum absolute atomic E-state index is 13.7. The second-order valence-electron chi connectivity index (χ2n) is 8.37. The number of ether oxygens (including phenoxy) is 4. The van der Waals surface area contributed by atoms with Gasteiger partial charge in [0.2, 0.25) is 5.91 Å². The third kappa shape index (κ3) is 2.48. The Morgan fingerprint density at radius 3 is 2.00 bits per heavy atom. The molecule has 2 atom stereocenters. The zero-order valence-electron chi connectivity index (χ0n) is 19.1. The van der Waals surface area contributed by atoms with Gasteiger partial charge < -0.3 is 23.8 Å². The molecule has 8 heteroatoms. The highest BCUT2D eigenvalue weighted by Crippen LogP contribution is 2.55. The molecule has 4 aliphatic heterocycles. The summed E-state index contributed by atoms with van der Waals surface area (Å²) in [5.41, 5.74) is 4.43. The van der Waals surface area contributed by atoms with Crippen LogP contribution >= 0.6 is 0 Å². The van der Waals surface area contributed by atoms with Gasteiger partial charge in [0.1, 0.15) is 0 Å². The van der Waals surface area contributed by atoms with Gasteiger partial charge in [-0.1, -0.05) is 0 Å². The van der Waals surface area contributed by atoms with E-state index in [1.165, 1.54) is 0 Å². The predicted molar refractivity (Wildman–Crippen MR) is 124 cm³/mol. The van der Waals surface area contributed by atoms with Crippen LogP contribution in [0.3, 0.4) is 0 Å². The first-order valence-corrected chi connectivity index (χ1v) is 10.8. The Morgan fingerprint density at radius 2 is 1.32 bits per heavy atom. The van der Waals surface area contributed by atoms with Crippen molar-refractivity contribution in [3.8, 4) is 23.0 Å². The van der Waals surface area contributed by atoms with Gasteiger partial charge in [-0.2, -0.15) is 0 Å². The van der Waals surface area contributed by atoms with Crippen LogP contribution in [0.1, 0.15) is 28.3 Å². The fraction of sp³-hybridized carbons (Fsp3) is 0.231. The van der Waals surface area contributed by atoms with E-state index in [0.29, 0.717) is 34.3 Å². The average molecular weight is 458 g/mol. The maximum atomic E-state index is 13.7. The number of carbonyl (C=O) groups excluding carboxylic acids is 2. The summed E-state index contributed by atoms with van der Waals surface area (Å²) in [6.07, 6.45) is 7.19. The van der Waals surface area contributed by atoms with Gasteiger partial charge >= 0.3 is 0 Å². The number of rotatable bonds is 4. The zero-order valence-corrected chi connectivity index (χ0v) is 19.1. The summed E-state index contributed by atoms with van der Waals surface area (Å²) in [4.78, 5) is 30.6. The molecule has 2 aromatic rings. The summed E-state index contributed by atoms with van der Waals surface area (Å²) in [5.74, 6) is 1.29. The summed E-state index contributed by atoms with van der Waals surface area (Å²) >= 11 is 0. The van der Waals surface area contributed by atoms with Crippen LogP contribution in [0.4, 0.5) is 0 Å². The number of nitrogens with zero attached hydrogens (tertiary/aromatic N) is 2. The molecule has 0 bridgehead atoms. The molecule has 1 saturated heterocycles. The van der Waals surface area contributed by atoms with Crippen LogP contribution in [-0.4, -0.2) is 50.1 Å². The molecular formula is C26H22N2O6. The van der Waals surface area contributed by atoms with E-state index in [2.05, 4.69) is 0 Å². The van der Waals surface area contributed by atoms with Crippen molar-refractivity contribution >= 4 is 29.7 Å². The van der Waals surface area contributed by atoms with Crippen molar-refractivity contribution < 1.29 is 28.5 Å².